The van der Waals surface area contributed by atoms with Crippen LogP contribution in [0.4, 0.5) is 0 Å². The summed E-state index contributed by atoms with van der Waals surface area (Å²) in [6.07, 6.45) is 6.88. The lowest BCUT2D eigenvalue weighted by molar-refractivity contribution is 0.198. The van der Waals surface area contributed by atoms with Crippen molar-refractivity contribution in [3.63, 3.8) is 0 Å². The van der Waals surface area contributed by atoms with Crippen molar-refractivity contribution in [1.29, 1.82) is 0 Å². The normalized spacial score (nSPS) is 16.7. The summed E-state index contributed by atoms with van der Waals surface area (Å²) in [4.78, 5) is 7.26. The van der Waals surface area contributed by atoms with E-state index in [9.17, 15) is 0 Å². The minimum atomic E-state index is 0.514. The van der Waals surface area contributed by atoms with E-state index in [1.165, 1.54) is 17.7 Å². The van der Waals surface area contributed by atoms with Gasteiger partial charge >= 0.3 is 0 Å². The largest absolute Gasteiger partial charge is 0.357 e. The Morgan fingerprint density at radius 2 is 1.96 bits per heavy atom. The number of unbranched alkanes of at least 4 members (excludes halogenated alkanes) is 1. The zero-order valence-electron chi connectivity index (χ0n) is 16.1. The number of likely N-dealkylation sites (tertiary alicyclic amines) is 1. The Morgan fingerprint density at radius 3 is 2.62 bits per heavy atom. The van der Waals surface area contributed by atoms with Gasteiger partial charge < -0.3 is 10.6 Å². The molecule has 1 aliphatic heterocycles. The highest BCUT2D eigenvalue weighted by Gasteiger charge is 2.20. The first kappa shape index (κ1) is 21.4. The molecule has 0 amide bonds. The molecule has 1 heterocycles. The highest BCUT2D eigenvalue weighted by Crippen LogP contribution is 2.16. The summed E-state index contributed by atoms with van der Waals surface area (Å²) in [6.45, 7) is 7.19. The summed E-state index contributed by atoms with van der Waals surface area (Å²) >= 11 is 7.88. The van der Waals surface area contributed by atoms with Gasteiger partial charge in [0.1, 0.15) is 0 Å². The van der Waals surface area contributed by atoms with Gasteiger partial charge in [0, 0.05) is 43.8 Å². The molecule has 0 saturated carbocycles. The fourth-order valence-electron chi connectivity index (χ4n) is 3.15. The molecule has 0 atom stereocenters. The van der Waals surface area contributed by atoms with E-state index in [1.807, 2.05) is 23.9 Å². The van der Waals surface area contributed by atoms with Crippen LogP contribution < -0.4 is 10.6 Å². The van der Waals surface area contributed by atoms with Crippen LogP contribution in [0, 0.1) is 0 Å². The van der Waals surface area contributed by atoms with E-state index in [4.69, 9.17) is 16.6 Å². The van der Waals surface area contributed by atoms with E-state index >= 15 is 0 Å². The first-order valence-electron chi connectivity index (χ1n) is 9.72. The lowest BCUT2D eigenvalue weighted by atomic mass is 10.0. The predicted molar refractivity (Wildman–Crippen MR) is 116 cm³/mol. The molecule has 6 heteroatoms. The Hall–Kier alpha value is -0.910. The van der Waals surface area contributed by atoms with Gasteiger partial charge in [0.15, 0.2) is 5.96 Å². The average molecular weight is 397 g/mol. The number of hydrogen-bond donors (Lipinski definition) is 2. The fourth-order valence-corrected chi connectivity index (χ4v) is 3.76. The minimum Gasteiger partial charge on any atom is -0.357 e. The summed E-state index contributed by atoms with van der Waals surface area (Å²) in [7, 11) is 0. The number of benzene rings is 1. The van der Waals surface area contributed by atoms with E-state index in [1.54, 1.807) is 0 Å². The first-order valence-corrected chi connectivity index (χ1v) is 11.5. The molecule has 1 saturated heterocycles. The average Bonchev–Trinajstić information content (AvgIpc) is 2.65. The zero-order chi connectivity index (χ0) is 18.6. The second kappa shape index (κ2) is 12.5. The molecule has 2 rings (SSSR count). The van der Waals surface area contributed by atoms with Crippen molar-refractivity contribution >= 4 is 29.3 Å². The van der Waals surface area contributed by atoms with Crippen molar-refractivity contribution in [2.24, 2.45) is 4.99 Å². The molecule has 0 aliphatic carbocycles. The van der Waals surface area contributed by atoms with Gasteiger partial charge in [-0.3, -0.25) is 9.89 Å². The number of nitrogens with zero attached hydrogens (tertiary/aromatic N) is 2. The van der Waals surface area contributed by atoms with Crippen LogP contribution in [-0.4, -0.2) is 55.1 Å². The molecule has 0 spiro atoms. The molecule has 146 valence electrons. The van der Waals surface area contributed by atoms with Crippen LogP contribution in [0.25, 0.3) is 0 Å². The van der Waals surface area contributed by atoms with Crippen LogP contribution in [0.15, 0.2) is 29.3 Å². The van der Waals surface area contributed by atoms with Crippen LogP contribution >= 0.6 is 23.4 Å². The molecule has 4 nitrogen and oxygen atoms in total. The quantitative estimate of drug-likeness (QED) is 0.376. The molecule has 26 heavy (non-hydrogen) atoms. The van der Waals surface area contributed by atoms with Crippen molar-refractivity contribution in [2.75, 3.05) is 38.2 Å². The second-order valence-electron chi connectivity index (χ2n) is 6.78. The molecular weight excluding hydrogens is 364 g/mol. The topological polar surface area (TPSA) is 39.7 Å². The van der Waals surface area contributed by atoms with Crippen LogP contribution in [0.5, 0.6) is 0 Å². The third-order valence-corrected chi connectivity index (χ3v) is 5.57. The standard InChI is InChI=1S/C20H33ClN4S/c1-3-22-20(23-12-4-5-15-26-2)24-19-10-13-25(14-11-19)16-17-6-8-18(21)9-7-17/h6-9,19H,3-5,10-16H2,1-2H3,(H2,22,23,24). The van der Waals surface area contributed by atoms with Gasteiger partial charge in [-0.1, -0.05) is 23.7 Å². The molecule has 0 radical (unpaired) electrons. The summed E-state index contributed by atoms with van der Waals surface area (Å²) in [6, 6.07) is 8.72. The van der Waals surface area contributed by atoms with E-state index in [0.717, 1.165) is 63.0 Å². The maximum absolute atomic E-state index is 5.97. The van der Waals surface area contributed by atoms with Crippen molar-refractivity contribution in [2.45, 2.75) is 45.2 Å². The molecule has 1 aromatic rings. The lowest BCUT2D eigenvalue weighted by Gasteiger charge is -2.33. The third-order valence-electron chi connectivity index (χ3n) is 4.62. The predicted octanol–water partition coefficient (Wildman–Crippen LogP) is 4.00. The van der Waals surface area contributed by atoms with Crippen molar-refractivity contribution in [1.82, 2.24) is 15.5 Å². The van der Waals surface area contributed by atoms with Gasteiger partial charge in [-0.25, -0.2) is 0 Å². The summed E-state index contributed by atoms with van der Waals surface area (Å²) < 4.78 is 0. The maximum Gasteiger partial charge on any atom is 0.191 e. The number of hydrogen-bond acceptors (Lipinski definition) is 3. The highest BCUT2D eigenvalue weighted by atomic mass is 35.5. The van der Waals surface area contributed by atoms with E-state index in [-0.39, 0.29) is 0 Å². The Bertz CT molecular complexity index is 527. The van der Waals surface area contributed by atoms with Crippen LogP contribution in [0.1, 0.15) is 38.2 Å². The summed E-state index contributed by atoms with van der Waals surface area (Å²) in [5.74, 6) is 2.21. The van der Waals surface area contributed by atoms with Gasteiger partial charge in [-0.15, -0.1) is 0 Å². The third kappa shape index (κ3) is 8.19. The van der Waals surface area contributed by atoms with Crippen molar-refractivity contribution in [3.05, 3.63) is 34.9 Å². The van der Waals surface area contributed by atoms with Gasteiger partial charge in [-0.2, -0.15) is 11.8 Å². The molecule has 0 bridgehead atoms. The molecule has 0 unspecified atom stereocenters. The summed E-state index contributed by atoms with van der Waals surface area (Å²) in [5.41, 5.74) is 1.33. The van der Waals surface area contributed by atoms with Crippen LogP contribution in [-0.2, 0) is 6.54 Å². The monoisotopic (exact) mass is 396 g/mol. The Balaban J connectivity index is 1.72. The number of nitrogens with one attached hydrogen (secondary N) is 2. The molecule has 0 aromatic heterocycles. The maximum atomic E-state index is 5.97. The van der Waals surface area contributed by atoms with Gasteiger partial charge in [0.25, 0.3) is 0 Å². The fraction of sp³-hybridized carbons (Fsp3) is 0.650. The first-order chi connectivity index (χ1) is 12.7. The highest BCUT2D eigenvalue weighted by molar-refractivity contribution is 7.98. The molecular formula is C20H33ClN4S. The number of rotatable bonds is 9. The van der Waals surface area contributed by atoms with E-state index in [0.29, 0.717) is 6.04 Å². The molecule has 1 aliphatic rings. The minimum absolute atomic E-state index is 0.514. The number of guanidine groups is 1. The van der Waals surface area contributed by atoms with Crippen LogP contribution in [0.2, 0.25) is 5.02 Å². The van der Waals surface area contributed by atoms with Crippen molar-refractivity contribution < 1.29 is 0 Å². The van der Waals surface area contributed by atoms with E-state index in [2.05, 4.69) is 40.8 Å². The van der Waals surface area contributed by atoms with Gasteiger partial charge in [-0.05, 0) is 62.3 Å². The van der Waals surface area contributed by atoms with Gasteiger partial charge in [0.2, 0.25) is 0 Å². The van der Waals surface area contributed by atoms with Gasteiger partial charge in [0.05, 0.1) is 0 Å². The smallest absolute Gasteiger partial charge is 0.191 e. The SMILES string of the molecule is CCNC(=NCCCCSC)NC1CCN(Cc2ccc(Cl)cc2)CC1. The van der Waals surface area contributed by atoms with Crippen molar-refractivity contribution in [3.8, 4) is 0 Å². The lowest BCUT2D eigenvalue weighted by Crippen LogP contribution is -2.48. The number of aliphatic imine (C=N–C) groups is 1. The van der Waals surface area contributed by atoms with E-state index < -0.39 is 0 Å². The molecule has 1 aromatic carbocycles. The van der Waals surface area contributed by atoms with Crippen LogP contribution in [0.3, 0.4) is 0 Å². The number of piperidine rings is 1. The Labute approximate surface area is 168 Å². The number of thioether (sulfide) groups is 1. The number of halogens is 1. The Kier molecular flexibility index (Phi) is 10.3. The molecule has 1 fully saturated rings. The second-order valence-corrected chi connectivity index (χ2v) is 8.20. The zero-order valence-corrected chi connectivity index (χ0v) is 17.7. The molecule has 2 N–H and O–H groups in total. The Morgan fingerprint density at radius 1 is 1.23 bits per heavy atom. The summed E-state index contributed by atoms with van der Waals surface area (Å²) in [5, 5.41) is 7.82.